The number of aromatic nitrogens is 1. The van der Waals surface area contributed by atoms with E-state index < -0.39 is 18.7 Å². The number of hydrogen-bond donors (Lipinski definition) is 1. The zero-order valence-corrected chi connectivity index (χ0v) is 10.3. The summed E-state index contributed by atoms with van der Waals surface area (Å²) in [4.78, 5) is 16.0. The summed E-state index contributed by atoms with van der Waals surface area (Å²) in [6, 6.07) is 0. The van der Waals surface area contributed by atoms with Gasteiger partial charge in [-0.05, 0) is 12.8 Å². The molecule has 2 rings (SSSR count). The van der Waals surface area contributed by atoms with E-state index in [2.05, 4.69) is 4.98 Å². The Balaban J connectivity index is 2.23. The molecule has 0 saturated heterocycles. The molecule has 100 valence electrons. The van der Waals surface area contributed by atoms with Crippen molar-refractivity contribution in [2.75, 3.05) is 18.5 Å². The zero-order chi connectivity index (χ0) is 13.5. The lowest BCUT2D eigenvalue weighted by Crippen LogP contribution is -2.30. The van der Waals surface area contributed by atoms with Gasteiger partial charge in [-0.15, -0.1) is 0 Å². The van der Waals surface area contributed by atoms with Gasteiger partial charge in [0.15, 0.2) is 5.13 Å². The van der Waals surface area contributed by atoms with Crippen molar-refractivity contribution in [1.82, 2.24) is 4.98 Å². The molecule has 0 aromatic carbocycles. The standard InChI is InChI=1S/C10H11F3N2O2S/c1-15(4-10(11,12)13)9-14-6(5-2-3-5)7(18-9)8(16)17/h5H,2-4H2,1H3,(H,16,17). The molecule has 1 aromatic rings. The lowest BCUT2D eigenvalue weighted by atomic mass is 10.2. The second-order valence-electron chi connectivity index (χ2n) is 4.26. The van der Waals surface area contributed by atoms with Crippen LogP contribution < -0.4 is 4.90 Å². The number of halogens is 3. The molecule has 4 nitrogen and oxygen atoms in total. The number of carboxylic acids is 1. The van der Waals surface area contributed by atoms with E-state index in [4.69, 9.17) is 5.11 Å². The van der Waals surface area contributed by atoms with Gasteiger partial charge in [-0.25, -0.2) is 9.78 Å². The fourth-order valence-corrected chi connectivity index (χ4v) is 2.56. The van der Waals surface area contributed by atoms with Crippen LogP contribution in [0, 0.1) is 0 Å². The van der Waals surface area contributed by atoms with Gasteiger partial charge in [-0.3, -0.25) is 0 Å². The summed E-state index contributed by atoms with van der Waals surface area (Å²) >= 11 is 0.800. The highest BCUT2D eigenvalue weighted by atomic mass is 32.1. The van der Waals surface area contributed by atoms with Crippen LogP contribution in [0.3, 0.4) is 0 Å². The molecule has 0 aliphatic heterocycles. The monoisotopic (exact) mass is 280 g/mol. The maximum Gasteiger partial charge on any atom is 0.405 e. The van der Waals surface area contributed by atoms with E-state index in [1.165, 1.54) is 7.05 Å². The van der Waals surface area contributed by atoms with Gasteiger partial charge in [0.25, 0.3) is 0 Å². The number of carbonyl (C=O) groups is 1. The molecule has 8 heteroatoms. The van der Waals surface area contributed by atoms with Crippen molar-refractivity contribution in [3.05, 3.63) is 10.6 Å². The van der Waals surface area contributed by atoms with E-state index >= 15 is 0 Å². The lowest BCUT2D eigenvalue weighted by molar-refractivity contribution is -0.119. The molecule has 1 aromatic heterocycles. The molecule has 0 radical (unpaired) electrons. The Kier molecular flexibility index (Phi) is 3.22. The van der Waals surface area contributed by atoms with Gasteiger partial charge < -0.3 is 10.0 Å². The third kappa shape index (κ3) is 2.92. The first-order chi connectivity index (χ1) is 8.28. The average Bonchev–Trinajstić information content (AvgIpc) is 2.94. The lowest BCUT2D eigenvalue weighted by Gasteiger charge is -2.17. The van der Waals surface area contributed by atoms with Crippen LogP contribution in [0.2, 0.25) is 0 Å². The Labute approximate surface area is 105 Å². The predicted molar refractivity (Wildman–Crippen MR) is 60.4 cm³/mol. The number of anilines is 1. The largest absolute Gasteiger partial charge is 0.477 e. The summed E-state index contributed by atoms with van der Waals surface area (Å²) < 4.78 is 36.7. The Bertz CT molecular complexity index is 468. The van der Waals surface area contributed by atoms with Crippen LogP contribution in [-0.2, 0) is 0 Å². The molecule has 1 aliphatic carbocycles. The van der Waals surface area contributed by atoms with Crippen LogP contribution in [0.15, 0.2) is 0 Å². The Morgan fingerprint density at radius 1 is 1.56 bits per heavy atom. The van der Waals surface area contributed by atoms with Gasteiger partial charge in [0.05, 0.1) is 5.69 Å². The first kappa shape index (κ1) is 13.1. The third-order valence-electron chi connectivity index (χ3n) is 2.54. The number of alkyl halides is 3. The molecular weight excluding hydrogens is 269 g/mol. The van der Waals surface area contributed by atoms with Gasteiger partial charge in [-0.1, -0.05) is 11.3 Å². The van der Waals surface area contributed by atoms with Crippen molar-refractivity contribution in [2.24, 2.45) is 0 Å². The molecule has 1 heterocycles. The second-order valence-corrected chi connectivity index (χ2v) is 5.24. The van der Waals surface area contributed by atoms with E-state index in [1.54, 1.807) is 0 Å². The third-order valence-corrected chi connectivity index (χ3v) is 3.72. The maximum absolute atomic E-state index is 12.2. The van der Waals surface area contributed by atoms with E-state index in [9.17, 15) is 18.0 Å². The van der Waals surface area contributed by atoms with Crippen molar-refractivity contribution >= 4 is 22.4 Å². The number of thiazole rings is 1. The molecule has 1 aliphatic rings. The first-order valence-corrected chi connectivity index (χ1v) is 6.11. The van der Waals surface area contributed by atoms with Gasteiger partial charge in [0.2, 0.25) is 0 Å². The smallest absolute Gasteiger partial charge is 0.405 e. The Hall–Kier alpha value is -1.31. The topological polar surface area (TPSA) is 53.4 Å². The second kappa shape index (κ2) is 4.42. The molecule has 18 heavy (non-hydrogen) atoms. The van der Waals surface area contributed by atoms with Crippen molar-refractivity contribution in [3.8, 4) is 0 Å². The van der Waals surface area contributed by atoms with Crippen LogP contribution in [0.1, 0.15) is 34.1 Å². The van der Waals surface area contributed by atoms with Crippen LogP contribution in [0.5, 0.6) is 0 Å². The fourth-order valence-electron chi connectivity index (χ4n) is 1.61. The summed E-state index contributed by atoms with van der Waals surface area (Å²) in [7, 11) is 1.26. The minimum Gasteiger partial charge on any atom is -0.477 e. The normalized spacial score (nSPS) is 15.8. The van der Waals surface area contributed by atoms with Crippen LogP contribution in [0.25, 0.3) is 0 Å². The summed E-state index contributed by atoms with van der Waals surface area (Å²) in [6.45, 7) is -1.14. The molecule has 0 atom stereocenters. The number of hydrogen-bond acceptors (Lipinski definition) is 4. The van der Waals surface area contributed by atoms with E-state index in [0.29, 0.717) is 5.69 Å². The first-order valence-electron chi connectivity index (χ1n) is 5.30. The molecule has 0 amide bonds. The van der Waals surface area contributed by atoms with Gasteiger partial charge in [0.1, 0.15) is 11.4 Å². The average molecular weight is 280 g/mol. The van der Waals surface area contributed by atoms with Crippen LogP contribution in [0.4, 0.5) is 18.3 Å². The van der Waals surface area contributed by atoms with E-state index in [-0.39, 0.29) is 15.9 Å². The van der Waals surface area contributed by atoms with Gasteiger partial charge >= 0.3 is 12.1 Å². The number of nitrogens with zero attached hydrogens (tertiary/aromatic N) is 2. The minimum absolute atomic E-state index is 0.0570. The van der Waals surface area contributed by atoms with E-state index in [1.807, 2.05) is 0 Å². The van der Waals surface area contributed by atoms with Crippen molar-refractivity contribution in [2.45, 2.75) is 24.9 Å². The highest BCUT2D eigenvalue weighted by Gasteiger charge is 2.35. The quantitative estimate of drug-likeness (QED) is 0.921. The number of rotatable bonds is 4. The van der Waals surface area contributed by atoms with Gasteiger partial charge in [0, 0.05) is 13.0 Å². The van der Waals surface area contributed by atoms with Gasteiger partial charge in [-0.2, -0.15) is 13.2 Å². The number of carboxylic acid groups (broad SMARTS) is 1. The van der Waals surface area contributed by atoms with Crippen molar-refractivity contribution in [3.63, 3.8) is 0 Å². The number of aromatic carboxylic acids is 1. The summed E-state index contributed by atoms with van der Waals surface area (Å²) in [5.74, 6) is -1.03. The maximum atomic E-state index is 12.2. The Morgan fingerprint density at radius 3 is 2.61 bits per heavy atom. The SMILES string of the molecule is CN(CC(F)(F)F)c1nc(C2CC2)c(C(=O)O)s1. The highest BCUT2D eigenvalue weighted by molar-refractivity contribution is 7.17. The molecule has 1 fully saturated rings. The molecule has 0 spiro atoms. The predicted octanol–water partition coefficient (Wildman–Crippen LogP) is 2.72. The molecular formula is C10H11F3N2O2S. The highest BCUT2D eigenvalue weighted by Crippen LogP contribution is 2.44. The fraction of sp³-hybridized carbons (Fsp3) is 0.600. The van der Waals surface area contributed by atoms with Crippen molar-refractivity contribution in [1.29, 1.82) is 0 Å². The summed E-state index contributed by atoms with van der Waals surface area (Å²) in [5.41, 5.74) is 0.427. The van der Waals surface area contributed by atoms with Crippen LogP contribution >= 0.6 is 11.3 Å². The molecule has 0 bridgehead atoms. The van der Waals surface area contributed by atoms with Crippen molar-refractivity contribution < 1.29 is 23.1 Å². The van der Waals surface area contributed by atoms with E-state index in [0.717, 1.165) is 29.1 Å². The molecule has 1 saturated carbocycles. The molecule has 0 unspecified atom stereocenters. The zero-order valence-electron chi connectivity index (χ0n) is 9.49. The summed E-state index contributed by atoms with van der Waals surface area (Å²) in [6.07, 6.45) is -2.62. The Morgan fingerprint density at radius 2 is 2.17 bits per heavy atom. The minimum atomic E-state index is -4.33. The summed E-state index contributed by atoms with van der Waals surface area (Å²) in [5, 5.41) is 9.10. The van der Waals surface area contributed by atoms with Crippen LogP contribution in [-0.4, -0.2) is 35.8 Å². The molecule has 1 N–H and O–H groups in total.